The number of halogens is 1. The number of para-hydroxylation sites is 1. The van der Waals surface area contributed by atoms with Gasteiger partial charge in [-0.05, 0) is 37.6 Å². The molecule has 0 amide bonds. The zero-order valence-corrected chi connectivity index (χ0v) is 16.6. The van der Waals surface area contributed by atoms with Crippen molar-refractivity contribution in [3.63, 3.8) is 0 Å². The molecule has 3 aromatic heterocycles. The van der Waals surface area contributed by atoms with E-state index in [0.717, 1.165) is 11.3 Å². The van der Waals surface area contributed by atoms with E-state index in [0.29, 0.717) is 17.0 Å². The summed E-state index contributed by atoms with van der Waals surface area (Å²) in [5, 5.41) is 4.50. The monoisotopic (exact) mass is 408 g/mol. The minimum Gasteiger partial charge on any atom is -0.455 e. The topological polar surface area (TPSA) is 78.5 Å². The molecule has 4 aromatic rings. The molecular formula is C21H17ClN4O3. The van der Waals surface area contributed by atoms with Gasteiger partial charge in [-0.1, -0.05) is 35.9 Å². The molecule has 0 unspecified atom stereocenters. The Hall–Kier alpha value is -3.45. The Labute approximate surface area is 171 Å². The number of benzene rings is 1. The van der Waals surface area contributed by atoms with Gasteiger partial charge >= 0.3 is 5.97 Å². The van der Waals surface area contributed by atoms with Crippen LogP contribution in [-0.4, -0.2) is 25.1 Å². The molecule has 0 bridgehead atoms. The third-order valence-corrected chi connectivity index (χ3v) is 4.77. The molecule has 0 aliphatic rings. The van der Waals surface area contributed by atoms with E-state index in [4.69, 9.17) is 16.3 Å². The van der Waals surface area contributed by atoms with Gasteiger partial charge in [0.25, 0.3) is 5.56 Å². The smallest absolute Gasteiger partial charge is 0.343 e. The average molecular weight is 409 g/mol. The fourth-order valence-corrected chi connectivity index (χ4v) is 3.36. The van der Waals surface area contributed by atoms with E-state index >= 15 is 0 Å². The second-order valence-corrected chi connectivity index (χ2v) is 6.95. The molecule has 0 fully saturated rings. The highest BCUT2D eigenvalue weighted by atomic mass is 35.5. The molecule has 0 aliphatic carbocycles. The van der Waals surface area contributed by atoms with Crippen LogP contribution in [0, 0.1) is 13.8 Å². The first-order valence-corrected chi connectivity index (χ1v) is 9.28. The molecule has 0 aliphatic heterocycles. The van der Waals surface area contributed by atoms with Crippen molar-refractivity contribution < 1.29 is 9.53 Å². The molecule has 0 radical (unpaired) electrons. The predicted molar refractivity (Wildman–Crippen MR) is 109 cm³/mol. The molecule has 0 spiro atoms. The van der Waals surface area contributed by atoms with Gasteiger partial charge in [0, 0.05) is 12.3 Å². The Morgan fingerprint density at radius 2 is 1.90 bits per heavy atom. The fraction of sp³-hybridized carbons (Fsp3) is 0.143. The Kier molecular flexibility index (Phi) is 4.90. The van der Waals surface area contributed by atoms with Gasteiger partial charge in [0.05, 0.1) is 17.1 Å². The summed E-state index contributed by atoms with van der Waals surface area (Å²) < 4.78 is 8.30. The van der Waals surface area contributed by atoms with Crippen LogP contribution in [0.4, 0.5) is 0 Å². The fourth-order valence-electron chi connectivity index (χ4n) is 3.02. The number of hydrogen-bond acceptors (Lipinski definition) is 5. The summed E-state index contributed by atoms with van der Waals surface area (Å²) in [6, 6.07) is 14.2. The summed E-state index contributed by atoms with van der Waals surface area (Å²) in [5.74, 6) is -0.624. The Morgan fingerprint density at radius 3 is 2.66 bits per heavy atom. The number of fused-ring (bicyclic) bond motifs is 1. The maximum Gasteiger partial charge on any atom is 0.343 e. The first-order chi connectivity index (χ1) is 13.9. The Morgan fingerprint density at radius 1 is 1.14 bits per heavy atom. The number of ether oxygens (including phenoxy) is 1. The molecule has 0 saturated carbocycles. The van der Waals surface area contributed by atoms with E-state index < -0.39 is 5.97 Å². The van der Waals surface area contributed by atoms with Crippen LogP contribution in [0.15, 0.2) is 59.5 Å². The van der Waals surface area contributed by atoms with E-state index in [-0.39, 0.29) is 22.9 Å². The lowest BCUT2D eigenvalue weighted by molar-refractivity contribution is 0.0467. The van der Waals surface area contributed by atoms with Gasteiger partial charge in [-0.3, -0.25) is 9.20 Å². The summed E-state index contributed by atoms with van der Waals surface area (Å²) >= 11 is 6.39. The number of aromatic nitrogens is 4. The second kappa shape index (κ2) is 7.52. The number of pyridine rings is 1. The quantitative estimate of drug-likeness (QED) is 0.483. The van der Waals surface area contributed by atoms with Crippen molar-refractivity contribution in [2.24, 2.45) is 0 Å². The van der Waals surface area contributed by atoms with E-state index in [9.17, 15) is 9.59 Å². The van der Waals surface area contributed by atoms with Crippen molar-refractivity contribution in [3.8, 4) is 5.69 Å². The van der Waals surface area contributed by atoms with Gasteiger partial charge in [-0.15, -0.1) is 0 Å². The summed E-state index contributed by atoms with van der Waals surface area (Å²) in [6.07, 6.45) is 1.71. The van der Waals surface area contributed by atoms with E-state index in [2.05, 4.69) is 10.1 Å². The van der Waals surface area contributed by atoms with Crippen LogP contribution in [0.25, 0.3) is 11.3 Å². The number of carbonyl (C=O) groups is 1. The van der Waals surface area contributed by atoms with Crippen LogP contribution in [0.3, 0.4) is 0 Å². The van der Waals surface area contributed by atoms with Crippen LogP contribution >= 0.6 is 11.6 Å². The highest BCUT2D eigenvalue weighted by Gasteiger charge is 2.22. The number of esters is 1. The molecule has 0 atom stereocenters. The minimum absolute atomic E-state index is 0.148. The number of aryl methyl sites for hydroxylation is 2. The van der Waals surface area contributed by atoms with Crippen LogP contribution < -0.4 is 5.56 Å². The molecule has 29 heavy (non-hydrogen) atoms. The number of nitrogens with zero attached hydrogens (tertiary/aromatic N) is 4. The zero-order chi connectivity index (χ0) is 20.5. The van der Waals surface area contributed by atoms with Gasteiger partial charge in [0.15, 0.2) is 0 Å². The van der Waals surface area contributed by atoms with Crippen LogP contribution in [-0.2, 0) is 11.3 Å². The molecule has 0 N–H and O–H groups in total. The normalized spacial score (nSPS) is 11.0. The van der Waals surface area contributed by atoms with Crippen molar-refractivity contribution in [1.29, 1.82) is 0 Å². The first-order valence-electron chi connectivity index (χ1n) is 8.90. The number of rotatable bonds is 4. The molecule has 7 nitrogen and oxygen atoms in total. The highest BCUT2D eigenvalue weighted by molar-refractivity contribution is 6.33. The third kappa shape index (κ3) is 3.64. The SMILES string of the molecule is Cc1ccc2nc(COC(=O)c3c(C)nn(-c4ccccc4)c3Cl)cc(=O)n2c1. The largest absolute Gasteiger partial charge is 0.455 e. The molecule has 4 rings (SSSR count). The lowest BCUT2D eigenvalue weighted by atomic mass is 10.2. The standard InChI is InChI=1S/C21H17ClN4O3/c1-13-8-9-17-23-15(10-18(27)25(17)11-13)12-29-21(28)19-14(2)24-26(20(19)22)16-6-4-3-5-7-16/h3-11H,12H2,1-2H3. The van der Waals surface area contributed by atoms with Gasteiger partial charge in [0.1, 0.15) is 23.0 Å². The zero-order valence-electron chi connectivity index (χ0n) is 15.8. The number of carbonyl (C=O) groups excluding carboxylic acids is 1. The van der Waals surface area contributed by atoms with Crippen molar-refractivity contribution in [2.75, 3.05) is 0 Å². The summed E-state index contributed by atoms with van der Waals surface area (Å²) in [6.45, 7) is 3.43. The van der Waals surface area contributed by atoms with Crippen LogP contribution in [0.2, 0.25) is 5.15 Å². The van der Waals surface area contributed by atoms with Gasteiger partial charge in [0.2, 0.25) is 0 Å². The minimum atomic E-state index is -0.624. The van der Waals surface area contributed by atoms with E-state index in [1.165, 1.54) is 15.1 Å². The molecule has 1 aromatic carbocycles. The van der Waals surface area contributed by atoms with Gasteiger partial charge in [-0.25, -0.2) is 14.5 Å². The molecule has 8 heteroatoms. The Balaban J connectivity index is 1.58. The van der Waals surface area contributed by atoms with E-state index in [1.807, 2.05) is 43.3 Å². The van der Waals surface area contributed by atoms with E-state index in [1.54, 1.807) is 19.2 Å². The highest BCUT2D eigenvalue weighted by Crippen LogP contribution is 2.24. The summed E-state index contributed by atoms with van der Waals surface area (Å²) in [5.41, 5.74) is 2.92. The summed E-state index contributed by atoms with van der Waals surface area (Å²) in [4.78, 5) is 29.3. The van der Waals surface area contributed by atoms with Crippen molar-refractivity contribution in [1.82, 2.24) is 19.2 Å². The average Bonchev–Trinajstić information content (AvgIpc) is 3.01. The summed E-state index contributed by atoms with van der Waals surface area (Å²) in [7, 11) is 0. The maximum absolute atomic E-state index is 12.6. The molecular weight excluding hydrogens is 392 g/mol. The predicted octanol–water partition coefficient (Wildman–Crippen LogP) is 3.51. The lowest BCUT2D eigenvalue weighted by Crippen LogP contribution is -2.17. The first kappa shape index (κ1) is 18.9. The molecule has 146 valence electrons. The third-order valence-electron chi connectivity index (χ3n) is 4.42. The Bertz CT molecular complexity index is 1280. The molecule has 3 heterocycles. The van der Waals surface area contributed by atoms with Crippen LogP contribution in [0.5, 0.6) is 0 Å². The van der Waals surface area contributed by atoms with Crippen LogP contribution in [0.1, 0.15) is 27.3 Å². The van der Waals surface area contributed by atoms with Crippen molar-refractivity contribution in [2.45, 2.75) is 20.5 Å². The molecule has 0 saturated heterocycles. The van der Waals surface area contributed by atoms with Crippen molar-refractivity contribution in [3.05, 3.63) is 92.7 Å². The van der Waals surface area contributed by atoms with Gasteiger partial charge < -0.3 is 4.74 Å². The van der Waals surface area contributed by atoms with Crippen molar-refractivity contribution >= 4 is 23.2 Å². The lowest BCUT2D eigenvalue weighted by Gasteiger charge is -2.07. The number of hydrogen-bond donors (Lipinski definition) is 0. The maximum atomic E-state index is 12.6. The van der Waals surface area contributed by atoms with Gasteiger partial charge in [-0.2, -0.15) is 5.10 Å². The second-order valence-electron chi connectivity index (χ2n) is 6.60.